The maximum Gasteiger partial charge on any atom is 0.254 e. The summed E-state index contributed by atoms with van der Waals surface area (Å²) in [5.41, 5.74) is 7.43. The van der Waals surface area contributed by atoms with Crippen LogP contribution in [-0.4, -0.2) is 34.9 Å². The third kappa shape index (κ3) is 1.31. The molecule has 1 amide bonds. The first-order valence-corrected chi connectivity index (χ1v) is 5.36. The maximum absolute atomic E-state index is 12.1. The molecule has 1 aliphatic heterocycles. The average molecular weight is 215 g/mol. The number of hydrogen-bond donors (Lipinski definition) is 2. The van der Waals surface area contributed by atoms with Crippen molar-refractivity contribution in [3.63, 3.8) is 0 Å². The van der Waals surface area contributed by atoms with Gasteiger partial charge in [0.25, 0.3) is 5.91 Å². The quantitative estimate of drug-likeness (QED) is 0.744. The molecule has 2 aromatic rings. The average Bonchev–Trinajstić information content (AvgIpc) is 2.71. The third-order valence-corrected chi connectivity index (χ3v) is 3.02. The molecule has 0 aliphatic carbocycles. The number of carbonyl (C=O) groups is 1. The topological polar surface area (TPSA) is 62.1 Å². The van der Waals surface area contributed by atoms with Crippen LogP contribution >= 0.6 is 0 Å². The molecule has 0 spiro atoms. The van der Waals surface area contributed by atoms with Crippen molar-refractivity contribution >= 4 is 16.8 Å². The van der Waals surface area contributed by atoms with Crippen molar-refractivity contribution < 1.29 is 4.79 Å². The van der Waals surface area contributed by atoms with Crippen LogP contribution < -0.4 is 5.73 Å². The first-order valence-electron chi connectivity index (χ1n) is 5.36. The zero-order valence-corrected chi connectivity index (χ0v) is 8.81. The van der Waals surface area contributed by atoms with Crippen molar-refractivity contribution in [2.45, 2.75) is 6.04 Å². The Morgan fingerprint density at radius 3 is 2.94 bits per heavy atom. The number of likely N-dealkylation sites (tertiary alicyclic amines) is 1. The molecule has 0 atom stereocenters. The van der Waals surface area contributed by atoms with E-state index in [9.17, 15) is 4.79 Å². The van der Waals surface area contributed by atoms with Crippen molar-refractivity contribution in [1.29, 1.82) is 0 Å². The van der Waals surface area contributed by atoms with Gasteiger partial charge in [-0.15, -0.1) is 0 Å². The highest BCUT2D eigenvalue weighted by Gasteiger charge is 2.29. The van der Waals surface area contributed by atoms with Crippen LogP contribution in [0.15, 0.2) is 30.5 Å². The minimum absolute atomic E-state index is 0.0758. The maximum atomic E-state index is 12.1. The Morgan fingerprint density at radius 2 is 2.19 bits per heavy atom. The molecule has 1 aromatic carbocycles. The van der Waals surface area contributed by atoms with Crippen LogP contribution in [0.25, 0.3) is 10.9 Å². The zero-order valence-electron chi connectivity index (χ0n) is 8.81. The highest BCUT2D eigenvalue weighted by Crippen LogP contribution is 2.20. The van der Waals surface area contributed by atoms with Gasteiger partial charge in [0.1, 0.15) is 0 Å². The summed E-state index contributed by atoms with van der Waals surface area (Å²) in [7, 11) is 0. The van der Waals surface area contributed by atoms with Gasteiger partial charge in [-0.3, -0.25) is 4.79 Å². The number of carbonyl (C=O) groups excluding carboxylic acids is 1. The number of H-pyrrole nitrogens is 1. The molecule has 1 fully saturated rings. The van der Waals surface area contributed by atoms with E-state index in [2.05, 4.69) is 4.98 Å². The van der Waals surface area contributed by atoms with Crippen LogP contribution in [0, 0.1) is 0 Å². The fourth-order valence-electron chi connectivity index (χ4n) is 2.12. The Hall–Kier alpha value is -1.81. The summed E-state index contributed by atoms with van der Waals surface area (Å²) in [6.45, 7) is 1.33. The van der Waals surface area contributed by atoms with E-state index >= 15 is 0 Å². The van der Waals surface area contributed by atoms with Crippen molar-refractivity contribution in [2.24, 2.45) is 5.73 Å². The van der Waals surface area contributed by atoms with Gasteiger partial charge in [-0.05, 0) is 18.2 Å². The fraction of sp³-hybridized carbons (Fsp3) is 0.250. The molecule has 82 valence electrons. The van der Waals surface area contributed by atoms with Crippen LogP contribution in [-0.2, 0) is 0 Å². The number of nitrogens with one attached hydrogen (secondary N) is 1. The minimum Gasteiger partial charge on any atom is -0.361 e. The lowest BCUT2D eigenvalue weighted by atomic mass is 10.0. The number of nitrogens with zero attached hydrogens (tertiary/aromatic N) is 1. The fourth-order valence-corrected chi connectivity index (χ4v) is 2.12. The van der Waals surface area contributed by atoms with Crippen LogP contribution in [0.4, 0.5) is 0 Å². The second-order valence-electron chi connectivity index (χ2n) is 4.21. The van der Waals surface area contributed by atoms with Gasteiger partial charge >= 0.3 is 0 Å². The minimum atomic E-state index is 0.0758. The standard InChI is InChI=1S/C12H13N3O/c13-8-6-15(7-8)12(16)10-2-1-3-11-9(10)4-5-14-11/h1-5,8,14H,6-7,13H2. The number of aromatic amines is 1. The van der Waals surface area contributed by atoms with E-state index in [1.165, 1.54) is 0 Å². The van der Waals surface area contributed by atoms with E-state index in [0.29, 0.717) is 13.1 Å². The molecule has 1 aromatic heterocycles. The molecule has 1 aliphatic rings. The van der Waals surface area contributed by atoms with Gasteiger partial charge in [0.2, 0.25) is 0 Å². The summed E-state index contributed by atoms with van der Waals surface area (Å²) >= 11 is 0. The van der Waals surface area contributed by atoms with Gasteiger partial charge in [0.15, 0.2) is 0 Å². The molecular weight excluding hydrogens is 202 g/mol. The van der Waals surface area contributed by atoms with Gasteiger partial charge in [-0.25, -0.2) is 0 Å². The molecule has 0 saturated carbocycles. The summed E-state index contributed by atoms with van der Waals surface area (Å²) in [4.78, 5) is 17.0. The second kappa shape index (κ2) is 3.35. The Bertz CT molecular complexity index is 540. The van der Waals surface area contributed by atoms with Crippen molar-refractivity contribution in [1.82, 2.24) is 9.88 Å². The van der Waals surface area contributed by atoms with Crippen LogP contribution in [0.3, 0.4) is 0 Å². The molecule has 16 heavy (non-hydrogen) atoms. The molecule has 4 heteroatoms. The second-order valence-corrected chi connectivity index (χ2v) is 4.21. The molecule has 3 N–H and O–H groups in total. The molecule has 0 radical (unpaired) electrons. The smallest absolute Gasteiger partial charge is 0.254 e. The predicted molar refractivity (Wildman–Crippen MR) is 62.2 cm³/mol. The number of amides is 1. The molecule has 0 unspecified atom stereocenters. The lowest BCUT2D eigenvalue weighted by Gasteiger charge is -2.37. The van der Waals surface area contributed by atoms with E-state index in [0.717, 1.165) is 16.5 Å². The monoisotopic (exact) mass is 215 g/mol. The molecule has 3 rings (SSSR count). The lowest BCUT2D eigenvalue weighted by Crippen LogP contribution is -2.57. The zero-order chi connectivity index (χ0) is 11.1. The van der Waals surface area contributed by atoms with Crippen LogP contribution in [0.2, 0.25) is 0 Å². The van der Waals surface area contributed by atoms with Crippen LogP contribution in [0.5, 0.6) is 0 Å². The molecular formula is C12H13N3O. The molecule has 4 nitrogen and oxygen atoms in total. The van der Waals surface area contributed by atoms with E-state index in [1.807, 2.05) is 30.5 Å². The Labute approximate surface area is 93.0 Å². The third-order valence-electron chi connectivity index (χ3n) is 3.02. The first kappa shape index (κ1) is 9.42. The van der Waals surface area contributed by atoms with Crippen LogP contribution in [0.1, 0.15) is 10.4 Å². The number of nitrogens with two attached hydrogens (primary N) is 1. The van der Waals surface area contributed by atoms with E-state index < -0.39 is 0 Å². The number of fused-ring (bicyclic) bond motifs is 1. The highest BCUT2D eigenvalue weighted by atomic mass is 16.2. The Morgan fingerprint density at radius 1 is 1.38 bits per heavy atom. The van der Waals surface area contributed by atoms with Gasteiger partial charge < -0.3 is 15.6 Å². The van der Waals surface area contributed by atoms with E-state index in [4.69, 9.17) is 5.73 Å². The van der Waals surface area contributed by atoms with Gasteiger partial charge in [0.05, 0.1) is 0 Å². The SMILES string of the molecule is NC1CN(C(=O)c2cccc3[nH]ccc23)C1. The number of aromatic nitrogens is 1. The van der Waals surface area contributed by atoms with Crippen molar-refractivity contribution in [3.05, 3.63) is 36.0 Å². The summed E-state index contributed by atoms with van der Waals surface area (Å²) in [5.74, 6) is 0.0758. The summed E-state index contributed by atoms with van der Waals surface area (Å²) in [6, 6.07) is 7.80. The largest absolute Gasteiger partial charge is 0.361 e. The first-order chi connectivity index (χ1) is 7.75. The summed E-state index contributed by atoms with van der Waals surface area (Å²) in [6.07, 6.45) is 1.85. The van der Waals surface area contributed by atoms with Crippen molar-refractivity contribution in [2.75, 3.05) is 13.1 Å². The lowest BCUT2D eigenvalue weighted by molar-refractivity contribution is 0.0610. The Kier molecular flexibility index (Phi) is 1.97. The van der Waals surface area contributed by atoms with Gasteiger partial charge in [-0.2, -0.15) is 0 Å². The van der Waals surface area contributed by atoms with E-state index in [-0.39, 0.29) is 11.9 Å². The van der Waals surface area contributed by atoms with Gasteiger partial charge in [-0.1, -0.05) is 6.07 Å². The number of hydrogen-bond acceptors (Lipinski definition) is 2. The van der Waals surface area contributed by atoms with E-state index in [1.54, 1.807) is 4.90 Å². The van der Waals surface area contributed by atoms with Gasteiger partial charge in [0, 0.05) is 41.8 Å². The molecule has 2 heterocycles. The normalized spacial score (nSPS) is 16.4. The summed E-state index contributed by atoms with van der Waals surface area (Å²) < 4.78 is 0. The molecule has 1 saturated heterocycles. The Balaban J connectivity index is 1.99. The predicted octanol–water partition coefficient (Wildman–Crippen LogP) is 0.951. The number of benzene rings is 1. The molecule has 0 bridgehead atoms. The highest BCUT2D eigenvalue weighted by molar-refractivity contribution is 6.06. The summed E-state index contributed by atoms with van der Waals surface area (Å²) in [5, 5.41) is 0.980. The van der Waals surface area contributed by atoms with Crippen molar-refractivity contribution in [3.8, 4) is 0 Å². The number of rotatable bonds is 1.